The molecule has 4 nitrogen and oxygen atoms in total. The van der Waals surface area contributed by atoms with Crippen LogP contribution in [0.3, 0.4) is 0 Å². The third-order valence-corrected chi connectivity index (χ3v) is 1.89. The standard InChI is InChI=1S/C8H15NO3/c1-8(2,6-10)5-9-3-4-12-7(9)11/h10H,3-6H2,1-2H3. The maximum atomic E-state index is 11.0. The lowest BCUT2D eigenvalue weighted by molar-refractivity contribution is 0.111. The van der Waals surface area contributed by atoms with Crippen LogP contribution in [0.25, 0.3) is 0 Å². The molecule has 1 rings (SSSR count). The van der Waals surface area contributed by atoms with Crippen LogP contribution in [-0.2, 0) is 4.74 Å². The van der Waals surface area contributed by atoms with Crippen LogP contribution >= 0.6 is 0 Å². The Morgan fingerprint density at radius 2 is 2.33 bits per heavy atom. The first-order chi connectivity index (χ1) is 5.55. The molecule has 1 amide bonds. The minimum absolute atomic E-state index is 0.0801. The molecule has 0 aromatic rings. The predicted molar refractivity (Wildman–Crippen MR) is 43.8 cm³/mol. The fourth-order valence-electron chi connectivity index (χ4n) is 1.14. The largest absolute Gasteiger partial charge is 0.448 e. The van der Waals surface area contributed by atoms with E-state index in [1.165, 1.54) is 0 Å². The van der Waals surface area contributed by atoms with Gasteiger partial charge >= 0.3 is 6.09 Å². The van der Waals surface area contributed by atoms with Crippen LogP contribution in [0.2, 0.25) is 0 Å². The summed E-state index contributed by atoms with van der Waals surface area (Å²) >= 11 is 0. The number of ether oxygens (including phenoxy) is 1. The molecule has 0 spiro atoms. The molecule has 0 saturated carbocycles. The molecule has 0 aliphatic carbocycles. The molecule has 12 heavy (non-hydrogen) atoms. The molecule has 1 fully saturated rings. The van der Waals surface area contributed by atoms with Crippen molar-refractivity contribution in [2.75, 3.05) is 26.3 Å². The topological polar surface area (TPSA) is 49.8 Å². The van der Waals surface area contributed by atoms with E-state index in [4.69, 9.17) is 9.84 Å². The number of aliphatic hydroxyl groups is 1. The quantitative estimate of drug-likeness (QED) is 0.674. The second kappa shape index (κ2) is 3.31. The highest BCUT2D eigenvalue weighted by Gasteiger charge is 2.28. The number of rotatable bonds is 3. The predicted octanol–water partition coefficient (Wildman–Crippen LogP) is 0.457. The molecule has 1 aliphatic heterocycles. The molecule has 1 heterocycles. The van der Waals surface area contributed by atoms with Crippen molar-refractivity contribution in [1.82, 2.24) is 4.90 Å². The number of nitrogens with zero attached hydrogens (tertiary/aromatic N) is 1. The second-order valence-electron chi connectivity index (χ2n) is 3.86. The number of hydrogen-bond acceptors (Lipinski definition) is 3. The number of carbonyl (C=O) groups excluding carboxylic acids is 1. The van der Waals surface area contributed by atoms with Gasteiger partial charge in [0.2, 0.25) is 0 Å². The molecule has 4 heteroatoms. The van der Waals surface area contributed by atoms with E-state index in [0.29, 0.717) is 19.7 Å². The Kier molecular flexibility index (Phi) is 2.57. The van der Waals surface area contributed by atoms with Gasteiger partial charge in [-0.15, -0.1) is 0 Å². The SMILES string of the molecule is CC(C)(CO)CN1CCOC1=O. The van der Waals surface area contributed by atoms with E-state index in [-0.39, 0.29) is 18.1 Å². The third-order valence-electron chi connectivity index (χ3n) is 1.89. The van der Waals surface area contributed by atoms with Gasteiger partial charge in [-0.25, -0.2) is 4.79 Å². The highest BCUT2D eigenvalue weighted by Crippen LogP contribution is 2.17. The third kappa shape index (κ3) is 2.11. The summed E-state index contributed by atoms with van der Waals surface area (Å²) in [7, 11) is 0. The molecule has 1 aliphatic rings. The maximum absolute atomic E-state index is 11.0. The van der Waals surface area contributed by atoms with Crippen LogP contribution < -0.4 is 0 Å². The van der Waals surface area contributed by atoms with Crippen molar-refractivity contribution in [3.8, 4) is 0 Å². The van der Waals surface area contributed by atoms with E-state index in [2.05, 4.69) is 0 Å². The van der Waals surface area contributed by atoms with Gasteiger partial charge < -0.3 is 14.7 Å². The van der Waals surface area contributed by atoms with Crippen molar-refractivity contribution >= 4 is 6.09 Å². The van der Waals surface area contributed by atoms with Crippen LogP contribution in [0.4, 0.5) is 4.79 Å². The van der Waals surface area contributed by atoms with E-state index >= 15 is 0 Å². The minimum atomic E-state index is -0.267. The van der Waals surface area contributed by atoms with Gasteiger partial charge in [-0.05, 0) is 0 Å². The van der Waals surface area contributed by atoms with Crippen LogP contribution in [0.5, 0.6) is 0 Å². The molecule has 1 saturated heterocycles. The van der Waals surface area contributed by atoms with Gasteiger partial charge in [-0.2, -0.15) is 0 Å². The van der Waals surface area contributed by atoms with E-state index in [0.717, 1.165) is 0 Å². The second-order valence-corrected chi connectivity index (χ2v) is 3.86. The highest BCUT2D eigenvalue weighted by atomic mass is 16.6. The molecule has 0 unspecified atom stereocenters. The lowest BCUT2D eigenvalue weighted by atomic mass is 9.94. The number of carbonyl (C=O) groups is 1. The Bertz CT molecular complexity index is 179. The average Bonchev–Trinajstić information content (AvgIpc) is 2.36. The lowest BCUT2D eigenvalue weighted by Gasteiger charge is -2.26. The Morgan fingerprint density at radius 3 is 2.75 bits per heavy atom. The highest BCUT2D eigenvalue weighted by molar-refractivity contribution is 5.69. The Labute approximate surface area is 72.1 Å². The van der Waals surface area contributed by atoms with Crippen molar-refractivity contribution < 1.29 is 14.6 Å². The first-order valence-corrected chi connectivity index (χ1v) is 4.08. The van der Waals surface area contributed by atoms with Gasteiger partial charge in [-0.1, -0.05) is 13.8 Å². The van der Waals surface area contributed by atoms with Gasteiger partial charge in [0.25, 0.3) is 0 Å². The first-order valence-electron chi connectivity index (χ1n) is 4.08. The van der Waals surface area contributed by atoms with Gasteiger partial charge in [0.05, 0.1) is 6.54 Å². The number of amides is 1. The zero-order valence-electron chi connectivity index (χ0n) is 7.54. The van der Waals surface area contributed by atoms with Crippen LogP contribution in [0.1, 0.15) is 13.8 Å². The molecule has 1 N–H and O–H groups in total. The zero-order chi connectivity index (χ0) is 9.19. The average molecular weight is 173 g/mol. The number of aliphatic hydroxyl groups excluding tert-OH is 1. The van der Waals surface area contributed by atoms with Crippen LogP contribution in [-0.4, -0.2) is 42.4 Å². The fraction of sp³-hybridized carbons (Fsp3) is 0.875. The van der Waals surface area contributed by atoms with Crippen molar-refractivity contribution in [3.05, 3.63) is 0 Å². The summed E-state index contributed by atoms with van der Waals surface area (Å²) < 4.78 is 4.76. The van der Waals surface area contributed by atoms with Gasteiger partial charge in [0.1, 0.15) is 6.61 Å². The van der Waals surface area contributed by atoms with Gasteiger partial charge in [-0.3, -0.25) is 0 Å². The monoisotopic (exact) mass is 173 g/mol. The van der Waals surface area contributed by atoms with Crippen LogP contribution in [0, 0.1) is 5.41 Å². The fourth-order valence-corrected chi connectivity index (χ4v) is 1.14. The molecular formula is C8H15NO3. The summed E-state index contributed by atoms with van der Waals surface area (Å²) in [6.07, 6.45) is -0.267. The normalized spacial score (nSPS) is 18.2. The van der Waals surface area contributed by atoms with Gasteiger partial charge in [0, 0.05) is 18.6 Å². The molecule has 0 atom stereocenters. The Morgan fingerprint density at radius 1 is 1.67 bits per heavy atom. The molecule has 0 radical (unpaired) electrons. The van der Waals surface area contributed by atoms with Crippen LogP contribution in [0.15, 0.2) is 0 Å². The Hall–Kier alpha value is -0.770. The summed E-state index contributed by atoms with van der Waals surface area (Å²) in [4.78, 5) is 12.6. The summed E-state index contributed by atoms with van der Waals surface area (Å²) in [5.41, 5.74) is -0.233. The van der Waals surface area contributed by atoms with E-state index in [9.17, 15) is 4.79 Å². The summed E-state index contributed by atoms with van der Waals surface area (Å²) in [6, 6.07) is 0. The van der Waals surface area contributed by atoms with E-state index in [1.807, 2.05) is 13.8 Å². The molecule has 0 aromatic carbocycles. The van der Waals surface area contributed by atoms with Crippen molar-refractivity contribution in [2.45, 2.75) is 13.8 Å². The summed E-state index contributed by atoms with van der Waals surface area (Å²) in [5, 5.41) is 8.96. The molecule has 70 valence electrons. The smallest absolute Gasteiger partial charge is 0.409 e. The van der Waals surface area contributed by atoms with Crippen molar-refractivity contribution in [2.24, 2.45) is 5.41 Å². The maximum Gasteiger partial charge on any atom is 0.409 e. The zero-order valence-corrected chi connectivity index (χ0v) is 7.54. The van der Waals surface area contributed by atoms with E-state index in [1.54, 1.807) is 4.90 Å². The molecule has 0 bridgehead atoms. The molecular weight excluding hydrogens is 158 g/mol. The summed E-state index contributed by atoms with van der Waals surface area (Å²) in [6.45, 7) is 5.58. The number of hydrogen-bond donors (Lipinski definition) is 1. The summed E-state index contributed by atoms with van der Waals surface area (Å²) in [5.74, 6) is 0. The van der Waals surface area contributed by atoms with E-state index < -0.39 is 0 Å². The Balaban J connectivity index is 2.45. The number of cyclic esters (lactones) is 1. The van der Waals surface area contributed by atoms with Gasteiger partial charge in [0.15, 0.2) is 0 Å². The molecule has 0 aromatic heterocycles. The minimum Gasteiger partial charge on any atom is -0.448 e. The lowest BCUT2D eigenvalue weighted by Crippen LogP contribution is -2.36. The first kappa shape index (κ1) is 9.32. The van der Waals surface area contributed by atoms with Crippen molar-refractivity contribution in [1.29, 1.82) is 0 Å². The van der Waals surface area contributed by atoms with Crippen molar-refractivity contribution in [3.63, 3.8) is 0 Å².